The van der Waals surface area contributed by atoms with Crippen molar-refractivity contribution in [2.45, 2.75) is 44.6 Å². The van der Waals surface area contributed by atoms with Gasteiger partial charge in [-0.05, 0) is 37.0 Å². The lowest BCUT2D eigenvalue weighted by atomic mass is 10.1. The van der Waals surface area contributed by atoms with Gasteiger partial charge in [0.1, 0.15) is 6.10 Å². The van der Waals surface area contributed by atoms with Crippen LogP contribution in [0.3, 0.4) is 0 Å². The fourth-order valence-electron chi connectivity index (χ4n) is 2.66. The van der Waals surface area contributed by atoms with Crippen molar-refractivity contribution < 1.29 is 19.0 Å². The Bertz CT molecular complexity index is 470. The van der Waals surface area contributed by atoms with Crippen LogP contribution in [0.15, 0.2) is 18.2 Å². The zero-order valence-electron chi connectivity index (χ0n) is 12.9. The maximum atomic E-state index is 11.9. The summed E-state index contributed by atoms with van der Waals surface area (Å²) in [5, 5.41) is 0. The van der Waals surface area contributed by atoms with Crippen LogP contribution in [0.25, 0.3) is 0 Å². The summed E-state index contributed by atoms with van der Waals surface area (Å²) in [4.78, 5) is 11.9. The van der Waals surface area contributed by atoms with Gasteiger partial charge in [0, 0.05) is 6.42 Å². The van der Waals surface area contributed by atoms with Crippen molar-refractivity contribution in [3.05, 3.63) is 23.8 Å². The van der Waals surface area contributed by atoms with Crippen LogP contribution in [0.2, 0.25) is 0 Å². The second-order valence-corrected chi connectivity index (χ2v) is 5.36. The molecule has 1 aromatic carbocycles. The lowest BCUT2D eigenvalue weighted by molar-refractivity contribution is -0.130. The van der Waals surface area contributed by atoms with Crippen molar-refractivity contribution in [2.75, 3.05) is 20.8 Å². The first-order valence-corrected chi connectivity index (χ1v) is 7.60. The lowest BCUT2D eigenvalue weighted by Gasteiger charge is -2.15. The molecule has 21 heavy (non-hydrogen) atoms. The third kappa shape index (κ3) is 4.46. The molecule has 0 N–H and O–H groups in total. The van der Waals surface area contributed by atoms with Crippen LogP contribution in [0.1, 0.15) is 37.7 Å². The van der Waals surface area contributed by atoms with Gasteiger partial charge in [-0.3, -0.25) is 4.79 Å². The SMILES string of the molecule is COc1ccc(CCOC2CCCCCC2=O)cc1OC. The van der Waals surface area contributed by atoms with Gasteiger partial charge in [0.15, 0.2) is 17.3 Å². The molecule has 1 aliphatic carbocycles. The number of ketones is 1. The lowest BCUT2D eigenvalue weighted by Crippen LogP contribution is -2.23. The smallest absolute Gasteiger partial charge is 0.161 e. The molecule has 4 heteroatoms. The first kappa shape index (κ1) is 15.8. The van der Waals surface area contributed by atoms with E-state index in [1.165, 1.54) is 0 Å². The van der Waals surface area contributed by atoms with Crippen molar-refractivity contribution in [3.8, 4) is 11.5 Å². The topological polar surface area (TPSA) is 44.8 Å². The van der Waals surface area contributed by atoms with Crippen LogP contribution in [-0.2, 0) is 16.0 Å². The number of ether oxygens (including phenoxy) is 3. The van der Waals surface area contributed by atoms with Gasteiger partial charge < -0.3 is 14.2 Å². The molecule has 0 bridgehead atoms. The molecular weight excluding hydrogens is 268 g/mol. The van der Waals surface area contributed by atoms with E-state index < -0.39 is 0 Å². The predicted molar refractivity (Wildman–Crippen MR) is 81.1 cm³/mol. The highest BCUT2D eigenvalue weighted by molar-refractivity contribution is 5.83. The fraction of sp³-hybridized carbons (Fsp3) is 0.588. The van der Waals surface area contributed by atoms with Crippen molar-refractivity contribution in [1.82, 2.24) is 0 Å². The van der Waals surface area contributed by atoms with Gasteiger partial charge in [-0.1, -0.05) is 18.9 Å². The highest BCUT2D eigenvalue weighted by atomic mass is 16.5. The summed E-state index contributed by atoms with van der Waals surface area (Å²) in [7, 11) is 3.25. The number of Topliss-reactive ketones (excluding diaryl/α,β-unsaturated/α-hetero) is 1. The molecule has 1 atom stereocenters. The summed E-state index contributed by atoms with van der Waals surface area (Å²) in [5.41, 5.74) is 1.12. The molecule has 0 aromatic heterocycles. The quantitative estimate of drug-likeness (QED) is 0.755. The summed E-state index contributed by atoms with van der Waals surface area (Å²) >= 11 is 0. The van der Waals surface area contributed by atoms with Crippen LogP contribution in [0.4, 0.5) is 0 Å². The van der Waals surface area contributed by atoms with Gasteiger partial charge in [-0.25, -0.2) is 0 Å². The fourth-order valence-corrected chi connectivity index (χ4v) is 2.66. The number of hydrogen-bond donors (Lipinski definition) is 0. The van der Waals surface area contributed by atoms with E-state index in [-0.39, 0.29) is 11.9 Å². The van der Waals surface area contributed by atoms with E-state index in [2.05, 4.69) is 0 Å². The number of carbonyl (C=O) groups excluding carboxylic acids is 1. The van der Waals surface area contributed by atoms with Crippen molar-refractivity contribution >= 4 is 5.78 Å². The molecule has 0 saturated heterocycles. The highest BCUT2D eigenvalue weighted by Gasteiger charge is 2.20. The molecular formula is C17H24O4. The largest absolute Gasteiger partial charge is 0.493 e. The molecule has 4 nitrogen and oxygen atoms in total. The minimum absolute atomic E-state index is 0.201. The van der Waals surface area contributed by atoms with E-state index in [0.29, 0.717) is 13.0 Å². The molecule has 1 saturated carbocycles. The van der Waals surface area contributed by atoms with Crippen LogP contribution >= 0.6 is 0 Å². The third-order valence-electron chi connectivity index (χ3n) is 3.91. The van der Waals surface area contributed by atoms with Gasteiger partial charge in [-0.2, -0.15) is 0 Å². The second kappa shape index (κ2) is 8.03. The molecule has 1 aliphatic rings. The van der Waals surface area contributed by atoms with Crippen LogP contribution in [0.5, 0.6) is 11.5 Å². The normalized spacial score (nSPS) is 19.1. The Hall–Kier alpha value is -1.55. The van der Waals surface area contributed by atoms with Gasteiger partial charge >= 0.3 is 0 Å². The van der Waals surface area contributed by atoms with E-state index in [0.717, 1.165) is 49.2 Å². The summed E-state index contributed by atoms with van der Waals surface area (Å²) in [5.74, 6) is 1.71. The number of rotatable bonds is 6. The van der Waals surface area contributed by atoms with Gasteiger partial charge in [0.05, 0.1) is 20.8 Å². The van der Waals surface area contributed by atoms with Gasteiger partial charge in [0.25, 0.3) is 0 Å². The van der Waals surface area contributed by atoms with E-state index in [9.17, 15) is 4.79 Å². The maximum Gasteiger partial charge on any atom is 0.161 e. The molecule has 0 amide bonds. The number of carbonyl (C=O) groups is 1. The zero-order valence-corrected chi connectivity index (χ0v) is 12.9. The van der Waals surface area contributed by atoms with E-state index >= 15 is 0 Å². The summed E-state index contributed by atoms with van der Waals surface area (Å²) < 4.78 is 16.3. The van der Waals surface area contributed by atoms with Gasteiger partial charge in [0.2, 0.25) is 0 Å². The molecule has 1 unspecified atom stereocenters. The van der Waals surface area contributed by atoms with E-state index in [1.54, 1.807) is 14.2 Å². The van der Waals surface area contributed by atoms with Crippen molar-refractivity contribution in [2.24, 2.45) is 0 Å². The highest BCUT2D eigenvalue weighted by Crippen LogP contribution is 2.27. The average molecular weight is 292 g/mol. The zero-order chi connectivity index (χ0) is 15.1. The predicted octanol–water partition coefficient (Wildman–Crippen LogP) is 3.16. The first-order valence-electron chi connectivity index (χ1n) is 7.60. The Balaban J connectivity index is 1.86. The molecule has 1 fully saturated rings. The van der Waals surface area contributed by atoms with Crippen molar-refractivity contribution in [3.63, 3.8) is 0 Å². The molecule has 0 radical (unpaired) electrons. The number of benzene rings is 1. The van der Waals surface area contributed by atoms with E-state index in [1.807, 2.05) is 18.2 Å². The monoisotopic (exact) mass is 292 g/mol. The molecule has 116 valence electrons. The average Bonchev–Trinajstić information content (AvgIpc) is 2.72. The first-order chi connectivity index (χ1) is 10.2. The number of hydrogen-bond acceptors (Lipinski definition) is 4. The molecule has 1 aromatic rings. The standard InChI is InChI=1S/C17H24O4/c1-19-16-9-8-13(12-17(16)20-2)10-11-21-15-7-5-3-4-6-14(15)18/h8-9,12,15H,3-7,10-11H2,1-2H3. The number of methoxy groups -OCH3 is 2. The maximum absolute atomic E-state index is 11.9. The summed E-state index contributed by atoms with van der Waals surface area (Å²) in [6.45, 7) is 0.561. The molecule has 0 spiro atoms. The van der Waals surface area contributed by atoms with Crippen LogP contribution < -0.4 is 9.47 Å². The Morgan fingerprint density at radius 1 is 1.10 bits per heavy atom. The summed E-state index contributed by atoms with van der Waals surface area (Å²) in [6.07, 6.45) is 5.34. The second-order valence-electron chi connectivity index (χ2n) is 5.36. The minimum atomic E-state index is -0.201. The molecule has 0 heterocycles. The Labute approximate surface area is 126 Å². The Morgan fingerprint density at radius 3 is 2.67 bits per heavy atom. The van der Waals surface area contributed by atoms with Crippen LogP contribution in [-0.4, -0.2) is 32.7 Å². The third-order valence-corrected chi connectivity index (χ3v) is 3.91. The van der Waals surface area contributed by atoms with E-state index in [4.69, 9.17) is 14.2 Å². The Morgan fingerprint density at radius 2 is 1.90 bits per heavy atom. The van der Waals surface area contributed by atoms with Crippen LogP contribution in [0, 0.1) is 0 Å². The molecule has 2 rings (SSSR count). The van der Waals surface area contributed by atoms with Crippen molar-refractivity contribution in [1.29, 1.82) is 0 Å². The minimum Gasteiger partial charge on any atom is -0.493 e. The summed E-state index contributed by atoms with van der Waals surface area (Å²) in [6, 6.07) is 5.85. The van der Waals surface area contributed by atoms with Gasteiger partial charge in [-0.15, -0.1) is 0 Å². The Kier molecular flexibility index (Phi) is 6.05. The molecule has 0 aliphatic heterocycles.